The summed E-state index contributed by atoms with van der Waals surface area (Å²) in [6, 6.07) is 12.0. The molecule has 1 aliphatic rings. The number of carbonyl (C=O) groups is 1. The Kier molecular flexibility index (Phi) is 6.06. The molecule has 144 valence electrons. The smallest absolute Gasteiger partial charge is 0.306 e. The number of benzene rings is 2. The molecule has 2 atom stereocenters. The lowest BCUT2D eigenvalue weighted by Crippen LogP contribution is -2.10. The van der Waals surface area contributed by atoms with Crippen LogP contribution in [0, 0.1) is 0 Å². The number of halogens is 2. The normalized spacial score (nSPS) is 17.0. The molecule has 1 aliphatic carbocycles. The molecule has 3 rings (SSSR count). The van der Waals surface area contributed by atoms with Gasteiger partial charge in [0.1, 0.15) is 11.9 Å². The quantitative estimate of drug-likeness (QED) is 0.684. The van der Waals surface area contributed by atoms with Crippen LogP contribution in [0.15, 0.2) is 42.5 Å². The first kappa shape index (κ1) is 19.3. The van der Waals surface area contributed by atoms with Gasteiger partial charge in [-0.25, -0.2) is 8.78 Å². The van der Waals surface area contributed by atoms with Gasteiger partial charge in [-0.1, -0.05) is 30.3 Å². The van der Waals surface area contributed by atoms with Gasteiger partial charge < -0.3 is 14.6 Å². The number of fused-ring (bicyclic) bond motifs is 1. The Morgan fingerprint density at radius 3 is 2.59 bits per heavy atom. The summed E-state index contributed by atoms with van der Waals surface area (Å²) in [5.41, 5.74) is 2.35. The monoisotopic (exact) mass is 376 g/mol. The van der Waals surface area contributed by atoms with Gasteiger partial charge in [-0.15, -0.1) is 0 Å². The van der Waals surface area contributed by atoms with Crippen molar-refractivity contribution in [3.8, 4) is 5.75 Å². The summed E-state index contributed by atoms with van der Waals surface area (Å²) in [5, 5.41) is 9.01. The van der Waals surface area contributed by atoms with Crippen molar-refractivity contribution < 1.29 is 28.2 Å². The molecule has 0 saturated heterocycles. The average molecular weight is 376 g/mol. The first-order valence-corrected chi connectivity index (χ1v) is 8.99. The van der Waals surface area contributed by atoms with Crippen LogP contribution >= 0.6 is 0 Å². The van der Waals surface area contributed by atoms with Crippen LogP contribution in [0.4, 0.5) is 8.78 Å². The molecule has 0 aliphatic heterocycles. The van der Waals surface area contributed by atoms with Crippen LogP contribution in [0.3, 0.4) is 0 Å². The number of rotatable bonds is 8. The van der Waals surface area contributed by atoms with Crippen molar-refractivity contribution >= 4 is 5.97 Å². The van der Waals surface area contributed by atoms with E-state index < -0.39 is 18.5 Å². The van der Waals surface area contributed by atoms with Crippen LogP contribution in [0.5, 0.6) is 5.75 Å². The van der Waals surface area contributed by atoms with Crippen molar-refractivity contribution in [3.63, 3.8) is 0 Å². The van der Waals surface area contributed by atoms with Crippen molar-refractivity contribution in [1.29, 1.82) is 0 Å². The Bertz CT molecular complexity index is 789. The van der Waals surface area contributed by atoms with Gasteiger partial charge in [0.15, 0.2) is 0 Å². The standard InChI is InChI=1S/C21H22F2O4/c1-2-26-19(12-20(24)25)13-6-8-14(9-7-13)27-18-11-10-15-16(18)4-3-5-17(15)21(22)23/h3-9,18-19,21H,2,10-12H2,1H3,(H,24,25)/t18-,19+/m1/s1. The van der Waals surface area contributed by atoms with Crippen molar-refractivity contribution in [3.05, 3.63) is 64.7 Å². The molecule has 0 saturated carbocycles. The Morgan fingerprint density at radius 1 is 1.22 bits per heavy atom. The molecule has 0 spiro atoms. The largest absolute Gasteiger partial charge is 0.486 e. The van der Waals surface area contributed by atoms with E-state index in [0.29, 0.717) is 30.8 Å². The van der Waals surface area contributed by atoms with Crippen LogP contribution in [-0.2, 0) is 16.0 Å². The van der Waals surface area contributed by atoms with Crippen LogP contribution in [0.1, 0.15) is 60.7 Å². The maximum atomic E-state index is 13.2. The molecule has 1 N–H and O–H groups in total. The van der Waals surface area contributed by atoms with Crippen LogP contribution in [0.25, 0.3) is 0 Å². The number of alkyl halides is 2. The van der Waals surface area contributed by atoms with Gasteiger partial charge >= 0.3 is 5.97 Å². The van der Waals surface area contributed by atoms with E-state index in [1.54, 1.807) is 30.3 Å². The number of carboxylic acid groups (broad SMARTS) is 1. The number of hydrogen-bond donors (Lipinski definition) is 1. The first-order chi connectivity index (χ1) is 13.0. The van der Waals surface area contributed by atoms with E-state index in [-0.39, 0.29) is 18.1 Å². The molecule has 6 heteroatoms. The molecule has 0 heterocycles. The highest BCUT2D eigenvalue weighted by molar-refractivity contribution is 5.67. The highest BCUT2D eigenvalue weighted by atomic mass is 19.3. The van der Waals surface area contributed by atoms with E-state index in [1.165, 1.54) is 6.07 Å². The molecule has 2 aromatic carbocycles. The molecular weight excluding hydrogens is 354 g/mol. The fourth-order valence-electron chi connectivity index (χ4n) is 3.53. The lowest BCUT2D eigenvalue weighted by atomic mass is 10.0. The molecular formula is C21H22F2O4. The second-order valence-corrected chi connectivity index (χ2v) is 6.47. The fourth-order valence-corrected chi connectivity index (χ4v) is 3.53. The zero-order chi connectivity index (χ0) is 19.4. The molecule has 27 heavy (non-hydrogen) atoms. The average Bonchev–Trinajstić information content (AvgIpc) is 3.04. The van der Waals surface area contributed by atoms with Crippen molar-refractivity contribution in [2.24, 2.45) is 0 Å². The minimum Gasteiger partial charge on any atom is -0.486 e. The lowest BCUT2D eigenvalue weighted by Gasteiger charge is -2.18. The summed E-state index contributed by atoms with van der Waals surface area (Å²) in [7, 11) is 0. The predicted molar refractivity (Wildman–Crippen MR) is 96.2 cm³/mol. The van der Waals surface area contributed by atoms with Gasteiger partial charge in [-0.2, -0.15) is 0 Å². The minimum absolute atomic E-state index is 0.0853. The van der Waals surface area contributed by atoms with Gasteiger partial charge in [0.2, 0.25) is 0 Å². The van der Waals surface area contributed by atoms with Gasteiger partial charge in [-0.3, -0.25) is 4.79 Å². The molecule has 0 bridgehead atoms. The maximum absolute atomic E-state index is 13.2. The highest BCUT2D eigenvalue weighted by Gasteiger charge is 2.28. The van der Waals surface area contributed by atoms with Crippen molar-refractivity contribution in [2.45, 2.75) is 44.8 Å². The topological polar surface area (TPSA) is 55.8 Å². The minimum atomic E-state index is -2.48. The van der Waals surface area contributed by atoms with E-state index in [1.807, 2.05) is 13.0 Å². The van der Waals surface area contributed by atoms with E-state index in [2.05, 4.69) is 0 Å². The third-order valence-corrected chi connectivity index (χ3v) is 4.75. The van der Waals surface area contributed by atoms with Gasteiger partial charge in [-0.05, 0) is 48.6 Å². The van der Waals surface area contributed by atoms with Gasteiger partial charge in [0.05, 0.1) is 12.5 Å². The second-order valence-electron chi connectivity index (χ2n) is 6.47. The van der Waals surface area contributed by atoms with Crippen molar-refractivity contribution in [1.82, 2.24) is 0 Å². The summed E-state index contributed by atoms with van der Waals surface area (Å²) in [6.07, 6.45) is -2.14. The zero-order valence-corrected chi connectivity index (χ0v) is 15.0. The third-order valence-electron chi connectivity index (χ3n) is 4.75. The summed E-state index contributed by atoms with van der Waals surface area (Å²) in [5.74, 6) is -0.309. The molecule has 0 radical (unpaired) electrons. The van der Waals surface area contributed by atoms with Crippen LogP contribution in [0.2, 0.25) is 0 Å². The summed E-state index contributed by atoms with van der Waals surface area (Å²) in [4.78, 5) is 11.0. The Balaban J connectivity index is 1.73. The number of aliphatic carboxylic acids is 1. The summed E-state index contributed by atoms with van der Waals surface area (Å²) in [6.45, 7) is 2.24. The molecule has 0 fully saturated rings. The van der Waals surface area contributed by atoms with E-state index in [4.69, 9.17) is 14.6 Å². The van der Waals surface area contributed by atoms with E-state index in [0.717, 1.165) is 11.1 Å². The van der Waals surface area contributed by atoms with Gasteiger partial charge in [0.25, 0.3) is 6.43 Å². The molecule has 0 amide bonds. The summed E-state index contributed by atoms with van der Waals surface area (Å²) >= 11 is 0. The van der Waals surface area contributed by atoms with E-state index >= 15 is 0 Å². The molecule has 4 nitrogen and oxygen atoms in total. The van der Waals surface area contributed by atoms with Gasteiger partial charge in [0, 0.05) is 12.2 Å². The first-order valence-electron chi connectivity index (χ1n) is 8.99. The third kappa shape index (κ3) is 4.45. The Morgan fingerprint density at radius 2 is 1.96 bits per heavy atom. The van der Waals surface area contributed by atoms with Crippen molar-refractivity contribution in [2.75, 3.05) is 6.61 Å². The molecule has 2 aromatic rings. The SMILES string of the molecule is CCO[C@@H](CC(=O)O)c1ccc(O[C@@H]2CCc3c(C(F)F)cccc32)cc1. The fraction of sp³-hybridized carbons (Fsp3) is 0.381. The number of carboxylic acids is 1. The highest BCUT2D eigenvalue weighted by Crippen LogP contribution is 2.39. The van der Waals surface area contributed by atoms with Crippen LogP contribution < -0.4 is 4.74 Å². The maximum Gasteiger partial charge on any atom is 0.306 e. The Hall–Kier alpha value is -2.47. The summed E-state index contributed by atoms with van der Waals surface area (Å²) < 4.78 is 37.8. The Labute approximate surface area is 156 Å². The predicted octanol–water partition coefficient (Wildman–Crippen LogP) is 5.24. The molecule has 0 aromatic heterocycles. The van der Waals surface area contributed by atoms with E-state index in [9.17, 15) is 13.6 Å². The lowest BCUT2D eigenvalue weighted by molar-refractivity contribution is -0.140. The number of ether oxygens (including phenoxy) is 2. The number of hydrogen-bond acceptors (Lipinski definition) is 3. The second kappa shape index (κ2) is 8.48. The molecule has 0 unspecified atom stereocenters. The van der Waals surface area contributed by atoms with Crippen LogP contribution in [-0.4, -0.2) is 17.7 Å². The zero-order valence-electron chi connectivity index (χ0n) is 15.0.